The third kappa shape index (κ3) is 4.01. The van der Waals surface area contributed by atoms with Crippen LogP contribution in [0.2, 0.25) is 0 Å². The largest absolute Gasteiger partial charge is 0.355 e. The maximum Gasteiger partial charge on any atom is 0.263 e. The first-order chi connectivity index (χ1) is 13.7. The predicted octanol–water partition coefficient (Wildman–Crippen LogP) is 2.85. The second-order valence-corrected chi connectivity index (χ2v) is 9.08. The Bertz CT molecular complexity index is 911. The normalized spacial score (nSPS) is 17.2. The van der Waals surface area contributed by atoms with Crippen LogP contribution in [0, 0.1) is 0 Å². The average Bonchev–Trinajstić information content (AvgIpc) is 3.32. The number of carbonyl (C=O) groups is 1. The molecule has 1 N–H and O–H groups in total. The standard InChI is InChI=1S/C21H30N4O2S/c1-2-3-10-22-18(26)14-25-17(13-24-11-6-7-12-24)23-20-19(21(25)27)15-8-4-5-9-16(15)28-20/h2-14H2,1H3,(H,22,26). The van der Waals surface area contributed by atoms with E-state index in [-0.39, 0.29) is 18.0 Å². The van der Waals surface area contributed by atoms with Gasteiger partial charge in [-0.1, -0.05) is 13.3 Å². The lowest BCUT2D eigenvalue weighted by Crippen LogP contribution is -2.36. The van der Waals surface area contributed by atoms with E-state index in [1.54, 1.807) is 15.9 Å². The summed E-state index contributed by atoms with van der Waals surface area (Å²) in [5.41, 5.74) is 1.17. The Labute approximate surface area is 169 Å². The zero-order valence-electron chi connectivity index (χ0n) is 16.8. The van der Waals surface area contributed by atoms with Crippen molar-refractivity contribution in [3.63, 3.8) is 0 Å². The van der Waals surface area contributed by atoms with Crippen LogP contribution >= 0.6 is 11.3 Å². The molecule has 1 aliphatic heterocycles. The van der Waals surface area contributed by atoms with E-state index >= 15 is 0 Å². The number of rotatable bonds is 7. The van der Waals surface area contributed by atoms with Gasteiger partial charge in [0, 0.05) is 11.4 Å². The molecule has 0 unspecified atom stereocenters. The van der Waals surface area contributed by atoms with Crippen molar-refractivity contribution >= 4 is 27.5 Å². The number of amides is 1. The molecule has 0 atom stereocenters. The van der Waals surface area contributed by atoms with Gasteiger partial charge in [0.25, 0.3) is 5.56 Å². The van der Waals surface area contributed by atoms with E-state index in [9.17, 15) is 9.59 Å². The van der Waals surface area contributed by atoms with Crippen molar-refractivity contribution in [2.24, 2.45) is 0 Å². The minimum absolute atomic E-state index is 0.0239. The molecule has 4 rings (SSSR count). The van der Waals surface area contributed by atoms with Crippen LogP contribution in [0.3, 0.4) is 0 Å². The minimum Gasteiger partial charge on any atom is -0.355 e. The molecule has 1 amide bonds. The van der Waals surface area contributed by atoms with E-state index in [0.717, 1.165) is 61.2 Å². The fraction of sp³-hybridized carbons (Fsp3) is 0.667. The first kappa shape index (κ1) is 19.6. The van der Waals surface area contributed by atoms with Gasteiger partial charge in [-0.05, 0) is 63.6 Å². The summed E-state index contributed by atoms with van der Waals surface area (Å²) in [7, 11) is 0. The minimum atomic E-state index is -0.0940. The highest BCUT2D eigenvalue weighted by molar-refractivity contribution is 7.18. The van der Waals surface area contributed by atoms with Gasteiger partial charge < -0.3 is 5.32 Å². The second-order valence-electron chi connectivity index (χ2n) is 8.00. The van der Waals surface area contributed by atoms with E-state index in [0.29, 0.717) is 13.1 Å². The van der Waals surface area contributed by atoms with Crippen LogP contribution in [0.25, 0.3) is 10.2 Å². The molecular formula is C21H30N4O2S. The van der Waals surface area contributed by atoms with Gasteiger partial charge in [-0.3, -0.25) is 19.1 Å². The number of likely N-dealkylation sites (tertiary alicyclic amines) is 1. The molecule has 2 aliphatic rings. The monoisotopic (exact) mass is 402 g/mol. The van der Waals surface area contributed by atoms with Gasteiger partial charge in [0.15, 0.2) is 0 Å². The fourth-order valence-electron chi connectivity index (χ4n) is 4.31. The molecule has 0 aromatic carbocycles. The Kier molecular flexibility index (Phi) is 6.11. The van der Waals surface area contributed by atoms with Crippen molar-refractivity contribution in [1.29, 1.82) is 0 Å². The lowest BCUT2D eigenvalue weighted by atomic mass is 9.97. The topological polar surface area (TPSA) is 67.2 Å². The highest BCUT2D eigenvalue weighted by atomic mass is 32.1. The molecule has 0 spiro atoms. The molecule has 0 radical (unpaired) electrons. The molecular weight excluding hydrogens is 372 g/mol. The molecule has 0 saturated carbocycles. The van der Waals surface area contributed by atoms with Crippen LogP contribution in [0.5, 0.6) is 0 Å². The van der Waals surface area contributed by atoms with Crippen molar-refractivity contribution in [2.45, 2.75) is 71.4 Å². The summed E-state index contributed by atoms with van der Waals surface area (Å²) in [6.07, 6.45) is 8.70. The van der Waals surface area contributed by atoms with Crippen molar-refractivity contribution in [1.82, 2.24) is 19.8 Å². The number of nitrogens with zero attached hydrogens (tertiary/aromatic N) is 3. The average molecular weight is 403 g/mol. The summed E-state index contributed by atoms with van der Waals surface area (Å²) >= 11 is 1.69. The van der Waals surface area contributed by atoms with Gasteiger partial charge in [0.2, 0.25) is 5.91 Å². The van der Waals surface area contributed by atoms with Crippen molar-refractivity contribution in [3.8, 4) is 0 Å². The number of carbonyl (C=O) groups excluding carboxylic acids is 1. The highest BCUT2D eigenvalue weighted by Gasteiger charge is 2.24. The zero-order chi connectivity index (χ0) is 19.5. The summed E-state index contributed by atoms with van der Waals surface area (Å²) in [5.74, 6) is 0.645. The first-order valence-corrected chi connectivity index (χ1v) is 11.5. The first-order valence-electron chi connectivity index (χ1n) is 10.7. The molecule has 2 aromatic rings. The molecule has 1 saturated heterocycles. The van der Waals surface area contributed by atoms with Crippen LogP contribution in [0.4, 0.5) is 0 Å². The predicted molar refractivity (Wildman–Crippen MR) is 113 cm³/mol. The van der Waals surface area contributed by atoms with Crippen LogP contribution in [0.1, 0.15) is 61.7 Å². The van der Waals surface area contributed by atoms with E-state index < -0.39 is 0 Å². The lowest BCUT2D eigenvalue weighted by molar-refractivity contribution is -0.121. The molecule has 7 heteroatoms. The van der Waals surface area contributed by atoms with Gasteiger partial charge in [-0.2, -0.15) is 0 Å². The Morgan fingerprint density at radius 3 is 2.75 bits per heavy atom. The summed E-state index contributed by atoms with van der Waals surface area (Å²) in [5, 5.41) is 3.72. The van der Waals surface area contributed by atoms with Gasteiger partial charge in [0.05, 0.1) is 11.9 Å². The lowest BCUT2D eigenvalue weighted by Gasteiger charge is -2.18. The number of aryl methyl sites for hydroxylation is 2. The van der Waals surface area contributed by atoms with E-state index in [1.165, 1.54) is 29.7 Å². The molecule has 152 valence electrons. The molecule has 1 fully saturated rings. The number of hydrogen-bond acceptors (Lipinski definition) is 5. The van der Waals surface area contributed by atoms with Gasteiger partial charge in [-0.15, -0.1) is 11.3 Å². The Morgan fingerprint density at radius 1 is 1.18 bits per heavy atom. The smallest absolute Gasteiger partial charge is 0.263 e. The van der Waals surface area contributed by atoms with Gasteiger partial charge in [-0.25, -0.2) is 4.98 Å². The number of fused-ring (bicyclic) bond motifs is 3. The number of hydrogen-bond donors (Lipinski definition) is 1. The quantitative estimate of drug-likeness (QED) is 0.723. The molecule has 0 bridgehead atoms. The van der Waals surface area contributed by atoms with E-state index in [4.69, 9.17) is 4.98 Å². The van der Waals surface area contributed by atoms with Crippen molar-refractivity contribution < 1.29 is 4.79 Å². The fourth-order valence-corrected chi connectivity index (χ4v) is 5.58. The van der Waals surface area contributed by atoms with Crippen molar-refractivity contribution in [2.75, 3.05) is 19.6 Å². The number of unbranched alkanes of at least 4 members (excludes halogenated alkanes) is 1. The summed E-state index contributed by atoms with van der Waals surface area (Å²) in [4.78, 5) is 35.4. The maximum atomic E-state index is 13.5. The number of aromatic nitrogens is 2. The third-order valence-corrected chi connectivity index (χ3v) is 7.06. The number of thiophene rings is 1. The molecule has 3 heterocycles. The van der Waals surface area contributed by atoms with Gasteiger partial charge >= 0.3 is 0 Å². The van der Waals surface area contributed by atoms with Crippen molar-refractivity contribution in [3.05, 3.63) is 26.6 Å². The van der Waals surface area contributed by atoms with Crippen LogP contribution in [-0.2, 0) is 30.7 Å². The van der Waals surface area contributed by atoms with Crippen LogP contribution < -0.4 is 10.9 Å². The molecule has 6 nitrogen and oxygen atoms in total. The zero-order valence-corrected chi connectivity index (χ0v) is 17.6. The number of nitrogens with one attached hydrogen (secondary N) is 1. The summed E-state index contributed by atoms with van der Waals surface area (Å²) in [6, 6.07) is 0. The van der Waals surface area contributed by atoms with Crippen LogP contribution in [0.15, 0.2) is 4.79 Å². The summed E-state index contributed by atoms with van der Waals surface area (Å²) < 4.78 is 1.64. The molecule has 28 heavy (non-hydrogen) atoms. The van der Waals surface area contributed by atoms with Gasteiger partial charge in [0.1, 0.15) is 17.2 Å². The molecule has 1 aliphatic carbocycles. The highest BCUT2D eigenvalue weighted by Crippen LogP contribution is 2.34. The Morgan fingerprint density at radius 2 is 1.96 bits per heavy atom. The Balaban J connectivity index is 1.71. The third-order valence-electron chi connectivity index (χ3n) is 5.87. The van der Waals surface area contributed by atoms with E-state index in [2.05, 4.69) is 17.1 Å². The summed E-state index contributed by atoms with van der Waals surface area (Å²) in [6.45, 7) is 5.56. The van der Waals surface area contributed by atoms with Crippen LogP contribution in [-0.4, -0.2) is 40.0 Å². The Hall–Kier alpha value is -1.73. The maximum absolute atomic E-state index is 13.5. The second kappa shape index (κ2) is 8.74. The van der Waals surface area contributed by atoms with E-state index in [1.807, 2.05) is 0 Å². The molecule has 2 aromatic heterocycles. The SMILES string of the molecule is CCCCNC(=O)Cn1c(CN2CCCC2)nc2sc3c(c2c1=O)CCCC3.